The average molecular weight is 389 g/mol. The maximum absolute atomic E-state index is 13.0. The zero-order chi connectivity index (χ0) is 20.2. The fraction of sp³-hybridized carbons (Fsp3) is 0.136. The van der Waals surface area contributed by atoms with Crippen LogP contribution < -0.4 is 4.74 Å². The molecule has 146 valence electrons. The van der Waals surface area contributed by atoms with Crippen molar-refractivity contribution in [2.75, 3.05) is 7.11 Å². The summed E-state index contributed by atoms with van der Waals surface area (Å²) < 4.78 is 20.5. The Labute approximate surface area is 167 Å². The Hall–Kier alpha value is -3.74. The van der Waals surface area contributed by atoms with E-state index in [-0.39, 0.29) is 5.82 Å². The fourth-order valence-electron chi connectivity index (χ4n) is 2.99. The summed E-state index contributed by atoms with van der Waals surface area (Å²) in [7, 11) is 1.65. The molecule has 2 aromatic heterocycles. The summed E-state index contributed by atoms with van der Waals surface area (Å²) in [6.07, 6.45) is 8.04. The van der Waals surface area contributed by atoms with E-state index in [4.69, 9.17) is 4.74 Å². The number of aromatic nitrogens is 5. The topological polar surface area (TPSA) is 68.6 Å². The predicted molar refractivity (Wildman–Crippen MR) is 109 cm³/mol. The van der Waals surface area contributed by atoms with Crippen molar-refractivity contribution >= 4 is 12.2 Å². The van der Waals surface area contributed by atoms with Gasteiger partial charge in [-0.1, -0.05) is 24.3 Å². The first-order valence-corrected chi connectivity index (χ1v) is 9.13. The van der Waals surface area contributed by atoms with Gasteiger partial charge in [-0.3, -0.25) is 5.10 Å². The molecule has 0 spiro atoms. The van der Waals surface area contributed by atoms with E-state index in [2.05, 4.69) is 20.2 Å². The molecule has 2 heterocycles. The number of nitrogens with one attached hydrogen (secondary N) is 1. The number of halogens is 1. The third kappa shape index (κ3) is 4.40. The third-order valence-electron chi connectivity index (χ3n) is 4.45. The van der Waals surface area contributed by atoms with Crippen molar-refractivity contribution in [2.45, 2.75) is 13.3 Å². The van der Waals surface area contributed by atoms with E-state index in [9.17, 15) is 4.39 Å². The van der Waals surface area contributed by atoms with Crippen LogP contribution in [-0.4, -0.2) is 31.8 Å². The van der Waals surface area contributed by atoms with Crippen LogP contribution in [0.3, 0.4) is 0 Å². The van der Waals surface area contributed by atoms with E-state index >= 15 is 0 Å². The van der Waals surface area contributed by atoms with E-state index in [1.54, 1.807) is 25.6 Å². The van der Waals surface area contributed by atoms with Gasteiger partial charge in [-0.25, -0.2) is 14.4 Å². The smallest absolute Gasteiger partial charge is 0.173 e. The Morgan fingerprint density at radius 2 is 1.97 bits per heavy atom. The van der Waals surface area contributed by atoms with Gasteiger partial charge >= 0.3 is 0 Å². The van der Waals surface area contributed by atoms with Crippen molar-refractivity contribution < 1.29 is 9.13 Å². The first kappa shape index (κ1) is 18.6. The zero-order valence-electron chi connectivity index (χ0n) is 16.1. The van der Waals surface area contributed by atoms with E-state index in [0.29, 0.717) is 12.2 Å². The Bertz CT molecular complexity index is 1140. The number of ether oxygens (including phenoxy) is 1. The van der Waals surface area contributed by atoms with Crippen LogP contribution in [0, 0.1) is 12.7 Å². The van der Waals surface area contributed by atoms with Crippen LogP contribution in [0.1, 0.15) is 28.5 Å². The summed E-state index contributed by atoms with van der Waals surface area (Å²) in [5.41, 5.74) is 3.79. The molecule has 0 bridgehead atoms. The lowest BCUT2D eigenvalue weighted by Crippen LogP contribution is -1.95. The van der Waals surface area contributed by atoms with Crippen LogP contribution in [0.5, 0.6) is 5.75 Å². The zero-order valence-corrected chi connectivity index (χ0v) is 16.1. The average Bonchev–Trinajstić information content (AvgIpc) is 3.36. The second-order valence-corrected chi connectivity index (χ2v) is 6.63. The summed E-state index contributed by atoms with van der Waals surface area (Å²) in [6.45, 7) is 1.95. The summed E-state index contributed by atoms with van der Waals surface area (Å²) in [5, 5.41) is 7.13. The van der Waals surface area contributed by atoms with Crippen molar-refractivity contribution in [3.05, 3.63) is 89.3 Å². The third-order valence-corrected chi connectivity index (χ3v) is 4.45. The van der Waals surface area contributed by atoms with Gasteiger partial charge in [-0.05, 0) is 48.4 Å². The molecular weight excluding hydrogens is 369 g/mol. The monoisotopic (exact) mass is 389 g/mol. The fourth-order valence-corrected chi connectivity index (χ4v) is 2.99. The first-order valence-electron chi connectivity index (χ1n) is 9.13. The molecule has 29 heavy (non-hydrogen) atoms. The van der Waals surface area contributed by atoms with Gasteiger partial charge in [0, 0.05) is 12.6 Å². The van der Waals surface area contributed by atoms with Crippen LogP contribution in [0.25, 0.3) is 17.8 Å². The summed E-state index contributed by atoms with van der Waals surface area (Å²) in [6, 6.07) is 12.3. The quantitative estimate of drug-likeness (QED) is 0.536. The number of rotatable bonds is 6. The molecule has 0 saturated heterocycles. The van der Waals surface area contributed by atoms with Gasteiger partial charge in [0.05, 0.1) is 24.8 Å². The van der Waals surface area contributed by atoms with Crippen LogP contribution >= 0.6 is 0 Å². The van der Waals surface area contributed by atoms with Crippen LogP contribution in [0.4, 0.5) is 4.39 Å². The van der Waals surface area contributed by atoms with E-state index in [1.165, 1.54) is 12.1 Å². The molecule has 0 unspecified atom stereocenters. The number of hydrogen-bond donors (Lipinski definition) is 1. The molecule has 0 saturated carbocycles. The lowest BCUT2D eigenvalue weighted by Gasteiger charge is -2.09. The largest absolute Gasteiger partial charge is 0.495 e. The van der Waals surface area contributed by atoms with E-state index < -0.39 is 0 Å². The Morgan fingerprint density at radius 3 is 2.69 bits per heavy atom. The minimum absolute atomic E-state index is 0.250. The van der Waals surface area contributed by atoms with E-state index in [1.807, 2.05) is 48.0 Å². The van der Waals surface area contributed by atoms with Crippen molar-refractivity contribution in [1.29, 1.82) is 0 Å². The molecule has 4 aromatic rings. The van der Waals surface area contributed by atoms with Gasteiger partial charge in [0.1, 0.15) is 17.4 Å². The molecule has 0 atom stereocenters. The summed E-state index contributed by atoms with van der Waals surface area (Å²) in [5.74, 6) is 1.80. The lowest BCUT2D eigenvalue weighted by atomic mass is 10.1. The van der Waals surface area contributed by atoms with Crippen molar-refractivity contribution in [3.8, 4) is 11.4 Å². The van der Waals surface area contributed by atoms with Crippen LogP contribution in [0.15, 0.2) is 55.0 Å². The Kier molecular flexibility index (Phi) is 5.20. The minimum Gasteiger partial charge on any atom is -0.495 e. The Morgan fingerprint density at radius 1 is 1.14 bits per heavy atom. The van der Waals surface area contributed by atoms with Gasteiger partial charge < -0.3 is 9.30 Å². The van der Waals surface area contributed by atoms with Crippen LogP contribution in [-0.2, 0) is 6.42 Å². The molecule has 0 aliphatic carbocycles. The van der Waals surface area contributed by atoms with Crippen LogP contribution in [0.2, 0.25) is 0 Å². The van der Waals surface area contributed by atoms with E-state index in [0.717, 1.165) is 34.1 Å². The maximum atomic E-state index is 13.0. The second-order valence-electron chi connectivity index (χ2n) is 6.63. The first-order chi connectivity index (χ1) is 14.1. The molecule has 7 heteroatoms. The minimum atomic E-state index is -0.250. The number of aryl methyl sites for hydroxylation is 1. The molecule has 0 aliphatic rings. The highest BCUT2D eigenvalue weighted by Gasteiger charge is 2.07. The highest BCUT2D eigenvalue weighted by molar-refractivity contribution is 5.69. The SMILES string of the molecule is COc1cc(/C=C/c2n[nH]c(Cc3ccc(F)cc3)n2)ccc1-n1cnc(C)c1. The van der Waals surface area contributed by atoms with Crippen molar-refractivity contribution in [3.63, 3.8) is 0 Å². The number of imidazole rings is 1. The molecule has 1 N–H and O–H groups in total. The standard InChI is InChI=1S/C22H20FN5O/c1-15-13-28(14-24-15)19-9-5-16(11-20(19)29-2)6-10-21-25-22(27-26-21)12-17-3-7-18(23)8-4-17/h3-11,13-14H,12H2,1-2H3,(H,25,26,27)/b10-6+. The van der Waals surface area contributed by atoms with Gasteiger partial charge in [0.15, 0.2) is 5.82 Å². The molecule has 0 aliphatic heterocycles. The predicted octanol–water partition coefficient (Wildman–Crippen LogP) is 4.21. The summed E-state index contributed by atoms with van der Waals surface area (Å²) >= 11 is 0. The molecular formula is C22H20FN5O. The number of methoxy groups -OCH3 is 1. The number of benzene rings is 2. The second kappa shape index (κ2) is 8.10. The van der Waals surface area contributed by atoms with Crippen molar-refractivity contribution in [1.82, 2.24) is 24.7 Å². The normalized spacial score (nSPS) is 11.3. The number of H-pyrrole nitrogens is 1. The lowest BCUT2D eigenvalue weighted by molar-refractivity contribution is 0.413. The van der Waals surface area contributed by atoms with Gasteiger partial charge in [-0.2, -0.15) is 5.10 Å². The van der Waals surface area contributed by atoms with Crippen molar-refractivity contribution in [2.24, 2.45) is 0 Å². The summed E-state index contributed by atoms with van der Waals surface area (Å²) in [4.78, 5) is 8.72. The highest BCUT2D eigenvalue weighted by atomic mass is 19.1. The number of aromatic amines is 1. The highest BCUT2D eigenvalue weighted by Crippen LogP contribution is 2.25. The van der Waals surface area contributed by atoms with Gasteiger partial charge in [0.25, 0.3) is 0 Å². The van der Waals surface area contributed by atoms with Gasteiger partial charge in [-0.15, -0.1) is 0 Å². The molecule has 6 nitrogen and oxygen atoms in total. The van der Waals surface area contributed by atoms with Gasteiger partial charge in [0.2, 0.25) is 0 Å². The Balaban J connectivity index is 1.49. The molecule has 0 fully saturated rings. The number of nitrogens with zero attached hydrogens (tertiary/aromatic N) is 4. The maximum Gasteiger partial charge on any atom is 0.173 e. The molecule has 4 rings (SSSR count). The molecule has 0 amide bonds. The molecule has 2 aromatic carbocycles. The number of hydrogen-bond acceptors (Lipinski definition) is 4. The molecule has 0 radical (unpaired) electrons.